The average molecular weight is 758 g/mol. The molecule has 0 aromatic rings. The van der Waals surface area contributed by atoms with Crippen molar-refractivity contribution < 1.29 is 24.2 Å². The van der Waals surface area contributed by atoms with Gasteiger partial charge in [0.25, 0.3) is 0 Å². The normalized spacial score (nSPS) is 12.3. The number of rotatable bonds is 42. The number of nitrogens with one attached hydrogen (secondary N) is 1. The van der Waals surface area contributed by atoms with Crippen LogP contribution in [0.3, 0.4) is 0 Å². The minimum atomic E-state index is -1.02. The molecule has 1 atom stereocenters. The molecule has 0 aliphatic rings. The van der Waals surface area contributed by atoms with Crippen LogP contribution in [-0.4, -0.2) is 35.6 Å². The first-order valence-corrected chi connectivity index (χ1v) is 23.1. The summed E-state index contributed by atoms with van der Waals surface area (Å²) in [6, 6.07) is 0. The van der Waals surface area contributed by atoms with Gasteiger partial charge in [-0.05, 0) is 96.3 Å². The second-order valence-corrected chi connectivity index (χ2v) is 15.6. The fraction of sp³-hybridized carbons (Fsp3) is 0.812. The number of unbranched alkanes of at least 4 members (excludes halogenated alkanes) is 25. The van der Waals surface area contributed by atoms with Crippen LogP contribution in [0.4, 0.5) is 0 Å². The van der Waals surface area contributed by atoms with Crippen LogP contribution in [0.2, 0.25) is 0 Å². The lowest BCUT2D eigenvalue weighted by atomic mass is 10.0. The number of esters is 1. The molecular weight excluding hydrogens is 671 g/mol. The summed E-state index contributed by atoms with van der Waals surface area (Å²) in [4.78, 5) is 35.1. The predicted octanol–water partition coefficient (Wildman–Crippen LogP) is 14.5. The number of amides is 1. The number of carbonyl (C=O) groups is 3. The summed E-state index contributed by atoms with van der Waals surface area (Å²) < 4.78 is 6.04. The summed E-state index contributed by atoms with van der Waals surface area (Å²) in [6.07, 6.45) is 54.1. The van der Waals surface area contributed by atoms with Crippen LogP contribution < -0.4 is 5.32 Å². The molecule has 1 unspecified atom stereocenters. The van der Waals surface area contributed by atoms with Crippen molar-refractivity contribution >= 4 is 17.8 Å². The first kappa shape index (κ1) is 51.6. The fourth-order valence-corrected chi connectivity index (χ4v) is 6.83. The average Bonchev–Trinajstić information content (AvgIpc) is 3.16. The first-order chi connectivity index (χ1) is 26.5. The Morgan fingerprint density at radius 3 is 1.35 bits per heavy atom. The molecule has 0 aliphatic heterocycles. The quantitative estimate of drug-likeness (QED) is 0.0367. The fourth-order valence-electron chi connectivity index (χ4n) is 6.83. The minimum Gasteiger partial charge on any atom is -0.480 e. The lowest BCUT2D eigenvalue weighted by molar-refractivity contribution is -0.150. The second kappa shape index (κ2) is 43.4. The highest BCUT2D eigenvalue weighted by molar-refractivity contribution is 5.80. The third-order valence-electron chi connectivity index (χ3n) is 10.3. The summed E-state index contributed by atoms with van der Waals surface area (Å²) >= 11 is 0. The van der Waals surface area contributed by atoms with Crippen LogP contribution in [0.25, 0.3) is 0 Å². The van der Waals surface area contributed by atoms with Gasteiger partial charge in [-0.2, -0.15) is 0 Å². The lowest BCUT2D eigenvalue weighted by Crippen LogP contribution is -2.28. The van der Waals surface area contributed by atoms with E-state index in [9.17, 15) is 14.4 Å². The van der Waals surface area contributed by atoms with Crippen molar-refractivity contribution in [3.63, 3.8) is 0 Å². The van der Waals surface area contributed by atoms with Crippen LogP contribution in [-0.2, 0) is 19.1 Å². The van der Waals surface area contributed by atoms with Crippen molar-refractivity contribution in [2.75, 3.05) is 6.54 Å². The van der Waals surface area contributed by atoms with Crippen LogP contribution >= 0.6 is 0 Å². The number of ether oxygens (including phenoxy) is 1. The Bertz CT molecular complexity index is 926. The molecule has 6 nitrogen and oxygen atoms in total. The zero-order chi connectivity index (χ0) is 39.4. The number of carboxylic acids is 1. The number of carbonyl (C=O) groups excluding carboxylic acids is 2. The summed E-state index contributed by atoms with van der Waals surface area (Å²) in [5.41, 5.74) is 0. The molecule has 6 heteroatoms. The number of allylic oxidation sites excluding steroid dienone is 6. The Morgan fingerprint density at radius 1 is 0.481 bits per heavy atom. The van der Waals surface area contributed by atoms with Gasteiger partial charge in [-0.3, -0.25) is 14.4 Å². The Morgan fingerprint density at radius 2 is 0.852 bits per heavy atom. The maximum Gasteiger partial charge on any atom is 0.322 e. The lowest BCUT2D eigenvalue weighted by Gasteiger charge is -2.18. The smallest absolute Gasteiger partial charge is 0.322 e. The summed E-state index contributed by atoms with van der Waals surface area (Å²) in [7, 11) is 0. The highest BCUT2D eigenvalue weighted by atomic mass is 16.5. The molecule has 0 radical (unpaired) electrons. The topological polar surface area (TPSA) is 92.7 Å². The van der Waals surface area contributed by atoms with Gasteiger partial charge in [0, 0.05) is 12.8 Å². The zero-order valence-electron chi connectivity index (χ0n) is 35.6. The summed E-state index contributed by atoms with van der Waals surface area (Å²) in [5, 5.41) is 11.1. The molecule has 0 saturated heterocycles. The highest BCUT2D eigenvalue weighted by Crippen LogP contribution is 2.19. The minimum absolute atomic E-state index is 0.00711. The molecule has 2 N–H and O–H groups in total. The zero-order valence-corrected chi connectivity index (χ0v) is 35.6. The van der Waals surface area contributed by atoms with E-state index in [4.69, 9.17) is 9.84 Å². The van der Waals surface area contributed by atoms with Crippen molar-refractivity contribution in [2.24, 2.45) is 0 Å². The van der Waals surface area contributed by atoms with Crippen LogP contribution in [0, 0.1) is 0 Å². The highest BCUT2D eigenvalue weighted by Gasteiger charge is 2.14. The van der Waals surface area contributed by atoms with E-state index in [1.807, 2.05) is 0 Å². The van der Waals surface area contributed by atoms with Crippen molar-refractivity contribution in [2.45, 2.75) is 245 Å². The Kier molecular flexibility index (Phi) is 41.5. The van der Waals surface area contributed by atoms with Gasteiger partial charge in [0.1, 0.15) is 12.6 Å². The molecule has 1 amide bonds. The molecule has 0 bridgehead atoms. The third-order valence-corrected chi connectivity index (χ3v) is 10.3. The number of hydrogen-bond donors (Lipinski definition) is 2. The van der Waals surface area contributed by atoms with Crippen LogP contribution in [0.5, 0.6) is 0 Å². The molecular formula is C48H87NO5. The van der Waals surface area contributed by atoms with Gasteiger partial charge in [-0.1, -0.05) is 166 Å². The van der Waals surface area contributed by atoms with Gasteiger partial charge < -0.3 is 15.2 Å². The van der Waals surface area contributed by atoms with E-state index in [1.165, 1.54) is 135 Å². The predicted molar refractivity (Wildman–Crippen MR) is 231 cm³/mol. The van der Waals surface area contributed by atoms with E-state index in [1.54, 1.807) is 0 Å². The van der Waals surface area contributed by atoms with Crippen molar-refractivity contribution in [3.05, 3.63) is 36.5 Å². The molecule has 0 aromatic carbocycles. The molecule has 0 rings (SSSR count). The van der Waals surface area contributed by atoms with E-state index in [0.29, 0.717) is 12.8 Å². The Labute approximate surface area is 334 Å². The monoisotopic (exact) mass is 758 g/mol. The van der Waals surface area contributed by atoms with Gasteiger partial charge in [0.2, 0.25) is 5.91 Å². The maximum absolute atomic E-state index is 12.8. The van der Waals surface area contributed by atoms with Gasteiger partial charge >= 0.3 is 11.9 Å². The number of carboxylic acid groups (broad SMARTS) is 1. The van der Waals surface area contributed by atoms with E-state index in [0.717, 1.165) is 77.0 Å². The van der Waals surface area contributed by atoms with E-state index >= 15 is 0 Å². The molecule has 314 valence electrons. The van der Waals surface area contributed by atoms with Crippen LogP contribution in [0.15, 0.2) is 36.5 Å². The maximum atomic E-state index is 12.8. The van der Waals surface area contributed by atoms with Crippen molar-refractivity contribution in [1.82, 2.24) is 5.32 Å². The molecule has 0 fully saturated rings. The second-order valence-electron chi connectivity index (χ2n) is 15.6. The van der Waals surface area contributed by atoms with Crippen molar-refractivity contribution in [3.8, 4) is 0 Å². The molecule has 54 heavy (non-hydrogen) atoms. The van der Waals surface area contributed by atoms with Gasteiger partial charge in [-0.25, -0.2) is 0 Å². The SMILES string of the molecule is CCCCC/C=C\C/C=C\CCCCCCCCCC(=O)OC(CCCCC/C=C\CCCCCCCCCC)CCCCCCCC(=O)NCC(=O)O. The molecule has 0 aromatic heterocycles. The van der Waals surface area contributed by atoms with Crippen LogP contribution in [0.1, 0.15) is 239 Å². The van der Waals surface area contributed by atoms with Gasteiger partial charge in [-0.15, -0.1) is 0 Å². The standard InChI is InChI=1S/C48H87NO5/c1-3-5-7-9-11-13-15-17-19-20-22-24-26-28-30-35-39-43-48(53)54-45(41-37-33-31-34-38-42-46(50)49-44-47(51)52)40-36-32-29-27-25-23-21-18-16-14-12-10-8-6-4-2/h11,13,17,19,23,25,45H,3-10,12,14-16,18,20-22,24,26-44H2,1-2H3,(H,49,50)(H,51,52)/b13-11-,19-17-,25-23-. The van der Waals surface area contributed by atoms with E-state index < -0.39 is 5.97 Å². The number of aliphatic carboxylic acids is 1. The first-order valence-electron chi connectivity index (χ1n) is 23.1. The molecule has 0 heterocycles. The Hall–Kier alpha value is -2.37. The summed E-state index contributed by atoms with van der Waals surface area (Å²) in [5.74, 6) is -1.24. The van der Waals surface area contributed by atoms with E-state index in [2.05, 4.69) is 55.6 Å². The largest absolute Gasteiger partial charge is 0.480 e. The van der Waals surface area contributed by atoms with Crippen molar-refractivity contribution in [1.29, 1.82) is 0 Å². The third kappa shape index (κ3) is 42.4. The Balaban J connectivity index is 4.20. The van der Waals surface area contributed by atoms with Gasteiger partial charge in [0.05, 0.1) is 0 Å². The molecule has 0 saturated carbocycles. The van der Waals surface area contributed by atoms with Gasteiger partial charge in [0.15, 0.2) is 0 Å². The van der Waals surface area contributed by atoms with E-state index in [-0.39, 0.29) is 24.5 Å². The number of hydrogen-bond acceptors (Lipinski definition) is 4. The molecule has 0 aliphatic carbocycles. The molecule has 0 spiro atoms. The summed E-state index contributed by atoms with van der Waals surface area (Å²) in [6.45, 7) is 4.21.